The Morgan fingerprint density at radius 1 is 1.37 bits per heavy atom. The van der Waals surface area contributed by atoms with E-state index in [1.165, 1.54) is 6.42 Å². The van der Waals surface area contributed by atoms with Crippen molar-refractivity contribution in [1.29, 1.82) is 0 Å². The van der Waals surface area contributed by atoms with Crippen LogP contribution in [-0.4, -0.2) is 11.9 Å². The molecule has 1 aliphatic rings. The Morgan fingerprint density at radius 2 is 2.05 bits per heavy atom. The van der Waals surface area contributed by atoms with Crippen LogP contribution >= 0.6 is 0 Å². The van der Waals surface area contributed by atoms with Gasteiger partial charge in [0.1, 0.15) is 0 Å². The average Bonchev–Trinajstić information content (AvgIpc) is 2.27. The van der Waals surface area contributed by atoms with Crippen LogP contribution in [0.2, 0.25) is 0 Å². The Balaban J connectivity index is 2.65. The first-order valence-electron chi connectivity index (χ1n) is 7.14. The van der Waals surface area contributed by atoms with E-state index in [-0.39, 0.29) is 5.91 Å². The summed E-state index contributed by atoms with van der Waals surface area (Å²) in [4.78, 5) is 12.2. The van der Waals surface area contributed by atoms with Crippen LogP contribution < -0.4 is 5.32 Å². The van der Waals surface area contributed by atoms with E-state index in [0.29, 0.717) is 22.9 Å². The van der Waals surface area contributed by atoms with E-state index < -0.39 is 0 Å². The van der Waals surface area contributed by atoms with E-state index in [9.17, 15) is 4.79 Å². The lowest BCUT2D eigenvalue weighted by molar-refractivity contribution is -0.118. The first-order chi connectivity index (χ1) is 8.88. The van der Waals surface area contributed by atoms with Crippen molar-refractivity contribution in [3.05, 3.63) is 36.5 Å². The topological polar surface area (TPSA) is 29.1 Å². The SMILES string of the molecule is C=C/C=C\C(=C/C)C(=O)NC1CC(C)CC(C)(C)C1. The molecule has 0 radical (unpaired) electrons. The van der Waals surface area contributed by atoms with Gasteiger partial charge in [0, 0.05) is 11.6 Å². The molecule has 106 valence electrons. The van der Waals surface area contributed by atoms with Gasteiger partial charge in [-0.1, -0.05) is 45.6 Å². The number of carbonyl (C=O) groups excluding carboxylic acids is 1. The number of amides is 1. The molecule has 1 N–H and O–H groups in total. The van der Waals surface area contributed by atoms with Crippen molar-refractivity contribution >= 4 is 5.91 Å². The molecule has 1 rings (SSSR count). The van der Waals surface area contributed by atoms with E-state index >= 15 is 0 Å². The zero-order chi connectivity index (χ0) is 14.5. The van der Waals surface area contributed by atoms with Gasteiger partial charge >= 0.3 is 0 Å². The van der Waals surface area contributed by atoms with Crippen LogP contribution in [0.4, 0.5) is 0 Å². The number of nitrogens with one attached hydrogen (secondary N) is 1. The Morgan fingerprint density at radius 3 is 2.58 bits per heavy atom. The molecule has 0 aromatic heterocycles. The highest BCUT2D eigenvalue weighted by atomic mass is 16.1. The van der Waals surface area contributed by atoms with Crippen molar-refractivity contribution in [3.8, 4) is 0 Å². The number of rotatable bonds is 4. The summed E-state index contributed by atoms with van der Waals surface area (Å²) >= 11 is 0. The molecule has 2 unspecified atom stereocenters. The lowest BCUT2D eigenvalue weighted by atomic mass is 9.70. The molecule has 0 heterocycles. The molecular formula is C17H27NO. The third-order valence-electron chi connectivity index (χ3n) is 3.71. The quantitative estimate of drug-likeness (QED) is 0.601. The van der Waals surface area contributed by atoms with Gasteiger partial charge in [-0.2, -0.15) is 0 Å². The number of hydrogen-bond donors (Lipinski definition) is 1. The highest BCUT2D eigenvalue weighted by Crippen LogP contribution is 2.38. The molecule has 19 heavy (non-hydrogen) atoms. The lowest BCUT2D eigenvalue weighted by Crippen LogP contribution is -2.43. The van der Waals surface area contributed by atoms with Crippen molar-refractivity contribution in [2.75, 3.05) is 0 Å². The van der Waals surface area contributed by atoms with E-state index in [2.05, 4.69) is 32.7 Å². The van der Waals surface area contributed by atoms with Gasteiger partial charge in [-0.25, -0.2) is 0 Å². The van der Waals surface area contributed by atoms with Crippen LogP contribution in [0, 0.1) is 11.3 Å². The monoisotopic (exact) mass is 261 g/mol. The second-order valence-electron chi connectivity index (χ2n) is 6.42. The smallest absolute Gasteiger partial charge is 0.251 e. The summed E-state index contributed by atoms with van der Waals surface area (Å²) in [5.41, 5.74) is 1.03. The van der Waals surface area contributed by atoms with Crippen molar-refractivity contribution in [2.24, 2.45) is 11.3 Å². The Labute approximate surface area is 117 Å². The van der Waals surface area contributed by atoms with Crippen molar-refractivity contribution in [3.63, 3.8) is 0 Å². The van der Waals surface area contributed by atoms with Crippen LogP contribution in [0.15, 0.2) is 36.5 Å². The molecular weight excluding hydrogens is 234 g/mol. The van der Waals surface area contributed by atoms with Crippen molar-refractivity contribution in [2.45, 2.75) is 53.0 Å². The molecule has 1 amide bonds. The molecule has 0 bridgehead atoms. The van der Waals surface area contributed by atoms with Crippen LogP contribution in [-0.2, 0) is 4.79 Å². The zero-order valence-electron chi connectivity index (χ0n) is 12.7. The normalized spacial score (nSPS) is 27.3. The van der Waals surface area contributed by atoms with Gasteiger partial charge in [0.25, 0.3) is 5.91 Å². The highest BCUT2D eigenvalue weighted by molar-refractivity contribution is 5.96. The molecule has 0 aromatic carbocycles. The van der Waals surface area contributed by atoms with Crippen LogP contribution in [0.3, 0.4) is 0 Å². The van der Waals surface area contributed by atoms with Gasteiger partial charge in [-0.3, -0.25) is 4.79 Å². The molecule has 2 heteroatoms. The number of hydrogen-bond acceptors (Lipinski definition) is 1. The fourth-order valence-electron chi connectivity index (χ4n) is 3.20. The molecule has 1 aliphatic carbocycles. The molecule has 2 nitrogen and oxygen atoms in total. The molecule has 1 fully saturated rings. The molecule has 0 aromatic rings. The fraction of sp³-hybridized carbons (Fsp3) is 0.588. The van der Waals surface area contributed by atoms with Gasteiger partial charge in [-0.05, 0) is 43.6 Å². The minimum absolute atomic E-state index is 0.0236. The Bertz CT molecular complexity index is 390. The third-order valence-corrected chi connectivity index (χ3v) is 3.71. The first kappa shape index (κ1) is 15.7. The summed E-state index contributed by atoms with van der Waals surface area (Å²) in [5.74, 6) is 0.697. The largest absolute Gasteiger partial charge is 0.349 e. The minimum atomic E-state index is 0.0236. The van der Waals surface area contributed by atoms with Gasteiger partial charge in [0.15, 0.2) is 0 Å². The predicted molar refractivity (Wildman–Crippen MR) is 81.8 cm³/mol. The maximum atomic E-state index is 12.2. The number of allylic oxidation sites excluding steroid dienone is 3. The van der Waals surface area contributed by atoms with Crippen LogP contribution in [0.25, 0.3) is 0 Å². The first-order valence-corrected chi connectivity index (χ1v) is 7.14. The summed E-state index contributed by atoms with van der Waals surface area (Å²) < 4.78 is 0. The van der Waals surface area contributed by atoms with Gasteiger partial charge in [0.05, 0.1) is 0 Å². The summed E-state index contributed by atoms with van der Waals surface area (Å²) in [6.07, 6.45) is 10.5. The van der Waals surface area contributed by atoms with E-state index in [4.69, 9.17) is 0 Å². The second kappa shape index (κ2) is 6.74. The van der Waals surface area contributed by atoms with Gasteiger partial charge in [0.2, 0.25) is 0 Å². The van der Waals surface area contributed by atoms with Crippen LogP contribution in [0.1, 0.15) is 47.0 Å². The predicted octanol–water partition coefficient (Wildman–Crippen LogP) is 4.01. The Hall–Kier alpha value is -1.31. The third kappa shape index (κ3) is 5.06. The summed E-state index contributed by atoms with van der Waals surface area (Å²) in [6, 6.07) is 0.290. The summed E-state index contributed by atoms with van der Waals surface area (Å²) in [7, 11) is 0. The van der Waals surface area contributed by atoms with E-state index in [0.717, 1.165) is 12.8 Å². The van der Waals surface area contributed by atoms with E-state index in [1.807, 2.05) is 13.0 Å². The second-order valence-corrected chi connectivity index (χ2v) is 6.42. The maximum Gasteiger partial charge on any atom is 0.251 e. The molecule has 0 spiro atoms. The average molecular weight is 261 g/mol. The van der Waals surface area contributed by atoms with Gasteiger partial charge in [-0.15, -0.1) is 0 Å². The summed E-state index contributed by atoms with van der Waals surface area (Å²) in [6.45, 7) is 12.4. The lowest BCUT2D eigenvalue weighted by Gasteiger charge is -2.39. The molecule has 0 aliphatic heterocycles. The molecule has 0 saturated heterocycles. The summed E-state index contributed by atoms with van der Waals surface area (Å²) in [5, 5.41) is 3.17. The van der Waals surface area contributed by atoms with Crippen molar-refractivity contribution in [1.82, 2.24) is 5.32 Å². The highest BCUT2D eigenvalue weighted by Gasteiger charge is 2.32. The standard InChI is InChI=1S/C17H27NO/c1-6-8-9-14(7-2)16(19)18-15-10-13(3)11-17(4,5)12-15/h6-9,13,15H,1,10-12H2,2-5H3,(H,18,19)/b9-8-,14-7+. The molecule has 2 atom stereocenters. The van der Waals surface area contributed by atoms with E-state index in [1.54, 1.807) is 18.2 Å². The minimum Gasteiger partial charge on any atom is -0.349 e. The Kier molecular flexibility index (Phi) is 5.59. The number of carbonyl (C=O) groups is 1. The fourth-order valence-corrected chi connectivity index (χ4v) is 3.20. The maximum absolute atomic E-state index is 12.2. The zero-order valence-corrected chi connectivity index (χ0v) is 12.7. The van der Waals surface area contributed by atoms with Gasteiger partial charge < -0.3 is 5.32 Å². The molecule has 1 saturated carbocycles. The van der Waals surface area contributed by atoms with Crippen LogP contribution in [0.5, 0.6) is 0 Å². The van der Waals surface area contributed by atoms with Crippen molar-refractivity contribution < 1.29 is 4.79 Å².